The van der Waals surface area contributed by atoms with Crippen LogP contribution in [-0.4, -0.2) is 90.8 Å². The van der Waals surface area contributed by atoms with Crippen molar-refractivity contribution in [3.05, 3.63) is 75.6 Å². The van der Waals surface area contributed by atoms with Crippen molar-refractivity contribution in [2.75, 3.05) is 61.0 Å². The fourth-order valence-electron chi connectivity index (χ4n) is 6.96. The van der Waals surface area contributed by atoms with E-state index >= 15 is 0 Å². The summed E-state index contributed by atoms with van der Waals surface area (Å²) in [6.45, 7) is 7.64. The molecule has 2 aromatic heterocycles. The molecule has 1 saturated carbocycles. The van der Waals surface area contributed by atoms with E-state index in [1.165, 1.54) is 12.1 Å². The number of hydrogen-bond donors (Lipinski definition) is 3. The van der Waals surface area contributed by atoms with Crippen LogP contribution in [0.15, 0.2) is 42.7 Å². The zero-order valence-corrected chi connectivity index (χ0v) is 32.9. The van der Waals surface area contributed by atoms with E-state index in [1.807, 2.05) is 53.1 Å². The summed E-state index contributed by atoms with van der Waals surface area (Å²) in [7, 11) is 7.55. The van der Waals surface area contributed by atoms with Gasteiger partial charge in [0.1, 0.15) is 5.75 Å². The number of nitrogens with zero attached hydrogens (tertiary/aromatic N) is 5. The zero-order chi connectivity index (χ0) is 40.1. The highest BCUT2D eigenvalue weighted by Gasteiger charge is 2.39. The van der Waals surface area contributed by atoms with Gasteiger partial charge in [-0.3, -0.25) is 9.78 Å². The van der Waals surface area contributed by atoms with Crippen LogP contribution < -0.4 is 15.4 Å². The second-order valence-corrected chi connectivity index (χ2v) is 15.4. The van der Waals surface area contributed by atoms with Crippen LogP contribution in [-0.2, 0) is 31.9 Å². The summed E-state index contributed by atoms with van der Waals surface area (Å²) in [6, 6.07) is 6.85. The topological polar surface area (TPSA) is 86.3 Å². The lowest BCUT2D eigenvalue weighted by Crippen LogP contribution is -2.31. The van der Waals surface area contributed by atoms with Crippen LogP contribution in [0.5, 0.6) is 5.75 Å². The van der Waals surface area contributed by atoms with Crippen molar-refractivity contribution in [1.29, 1.82) is 0 Å². The first kappa shape index (κ1) is 42.5. The van der Waals surface area contributed by atoms with Crippen LogP contribution in [0.4, 0.5) is 26.3 Å². The number of likely N-dealkylation sites (N-methyl/N-ethyl adjacent to an activating group) is 4. The number of nitrogens with one attached hydrogen (secondary N) is 3. The highest BCUT2D eigenvalue weighted by molar-refractivity contribution is 6.32. The largest absolute Gasteiger partial charge is 0.491 e. The number of halogens is 7. The van der Waals surface area contributed by atoms with E-state index in [9.17, 15) is 26.3 Å². The molecule has 0 bridgehead atoms. The standard InChI is InChI=1S/C39H51ClF6N8O/c1-24(2)13-26-7-8-27(16-32(26)38(41,42)43)36-30(21-53(6)12-10-48-4)22-54(51-36)31-14-25(15-31)23-55-37-33(39(44,45)46)17-28(18-34(37)40)35-29(19-49-50-35)20-52(5)11-9-47-3/h7-8,16-19,22,24-25,31,47-48H,9-15,20-21,23H2,1-6H3,(H,49,50). The van der Waals surface area contributed by atoms with Gasteiger partial charge in [0.2, 0.25) is 0 Å². The van der Waals surface area contributed by atoms with Crippen LogP contribution in [0.1, 0.15) is 60.5 Å². The molecule has 0 amide bonds. The Labute approximate surface area is 323 Å². The maximum Gasteiger partial charge on any atom is 0.420 e. The Balaban J connectivity index is 1.33. The van der Waals surface area contributed by atoms with E-state index in [-0.39, 0.29) is 40.6 Å². The van der Waals surface area contributed by atoms with E-state index < -0.39 is 29.2 Å². The Morgan fingerprint density at radius 3 is 2.11 bits per heavy atom. The van der Waals surface area contributed by atoms with Crippen molar-refractivity contribution < 1.29 is 31.1 Å². The predicted octanol–water partition coefficient (Wildman–Crippen LogP) is 8.16. The van der Waals surface area contributed by atoms with E-state index in [4.69, 9.17) is 21.4 Å². The quantitative estimate of drug-likeness (QED) is 0.0877. The van der Waals surface area contributed by atoms with Crippen molar-refractivity contribution in [2.24, 2.45) is 11.8 Å². The number of aromatic nitrogens is 4. The van der Waals surface area contributed by atoms with Crippen molar-refractivity contribution >= 4 is 11.6 Å². The molecular formula is C39H51ClF6N8O. The number of ether oxygens (including phenoxy) is 1. The van der Waals surface area contributed by atoms with E-state index in [0.29, 0.717) is 55.8 Å². The smallest absolute Gasteiger partial charge is 0.420 e. The fraction of sp³-hybridized carbons (Fsp3) is 0.538. The van der Waals surface area contributed by atoms with Gasteiger partial charge < -0.3 is 25.2 Å². The van der Waals surface area contributed by atoms with Gasteiger partial charge in [0.05, 0.1) is 46.4 Å². The van der Waals surface area contributed by atoms with E-state index in [0.717, 1.165) is 36.8 Å². The van der Waals surface area contributed by atoms with Crippen molar-refractivity contribution in [3.63, 3.8) is 0 Å². The minimum atomic E-state index is -4.73. The Morgan fingerprint density at radius 1 is 0.891 bits per heavy atom. The van der Waals surface area contributed by atoms with E-state index in [2.05, 4.69) is 25.7 Å². The monoisotopic (exact) mass is 796 g/mol. The molecule has 3 N–H and O–H groups in total. The second kappa shape index (κ2) is 18.1. The fourth-order valence-corrected chi connectivity index (χ4v) is 7.23. The molecule has 9 nitrogen and oxygen atoms in total. The van der Waals surface area contributed by atoms with Gasteiger partial charge in [-0.25, -0.2) is 0 Å². The van der Waals surface area contributed by atoms with Gasteiger partial charge in [-0.1, -0.05) is 37.6 Å². The maximum absolute atomic E-state index is 14.5. The minimum Gasteiger partial charge on any atom is -0.491 e. The number of benzene rings is 2. The lowest BCUT2D eigenvalue weighted by Gasteiger charge is -2.35. The van der Waals surface area contributed by atoms with Gasteiger partial charge in [0.25, 0.3) is 0 Å². The molecule has 0 unspecified atom stereocenters. The first-order chi connectivity index (χ1) is 26.0. The van der Waals surface area contributed by atoms with Crippen LogP contribution in [0.3, 0.4) is 0 Å². The molecule has 1 aliphatic rings. The molecule has 0 saturated heterocycles. The number of aromatic amines is 1. The summed E-state index contributed by atoms with van der Waals surface area (Å²) < 4.78 is 93.7. The molecule has 2 aromatic carbocycles. The van der Waals surface area contributed by atoms with E-state index in [1.54, 1.807) is 23.0 Å². The summed E-state index contributed by atoms with van der Waals surface area (Å²) in [5, 5.41) is 17.7. The molecule has 4 aromatic rings. The normalized spacial score (nSPS) is 16.4. The molecule has 0 atom stereocenters. The summed E-state index contributed by atoms with van der Waals surface area (Å²) in [6.07, 6.45) is -4.35. The predicted molar refractivity (Wildman–Crippen MR) is 203 cm³/mol. The average molecular weight is 797 g/mol. The molecule has 302 valence electrons. The van der Waals surface area contributed by atoms with Gasteiger partial charge in [-0.2, -0.15) is 36.5 Å². The zero-order valence-electron chi connectivity index (χ0n) is 32.1. The molecule has 16 heteroatoms. The Bertz CT molecular complexity index is 1870. The third-order valence-electron chi connectivity index (χ3n) is 9.90. The van der Waals surface area contributed by atoms with Crippen LogP contribution in [0.25, 0.3) is 22.5 Å². The van der Waals surface area contributed by atoms with Crippen molar-refractivity contribution in [2.45, 2.75) is 64.6 Å². The van der Waals surface area contributed by atoms with Crippen molar-refractivity contribution in [1.82, 2.24) is 40.4 Å². The van der Waals surface area contributed by atoms with Gasteiger partial charge in [-0.15, -0.1) is 0 Å². The Morgan fingerprint density at radius 2 is 1.51 bits per heavy atom. The number of rotatable bonds is 18. The third-order valence-corrected chi connectivity index (χ3v) is 10.2. The van der Waals surface area contributed by atoms with Gasteiger partial charge in [-0.05, 0) is 83.1 Å². The molecule has 0 radical (unpaired) electrons. The van der Waals surface area contributed by atoms with Crippen LogP contribution >= 0.6 is 11.6 Å². The molecule has 0 spiro atoms. The summed E-state index contributed by atoms with van der Waals surface area (Å²) >= 11 is 6.51. The first-order valence-electron chi connectivity index (χ1n) is 18.5. The first-order valence-corrected chi connectivity index (χ1v) is 18.9. The van der Waals surface area contributed by atoms with Crippen molar-refractivity contribution in [3.8, 4) is 28.3 Å². The molecule has 1 fully saturated rings. The lowest BCUT2D eigenvalue weighted by atomic mass is 9.81. The minimum absolute atomic E-state index is 0.00417. The molecular weight excluding hydrogens is 746 g/mol. The third kappa shape index (κ3) is 10.8. The van der Waals surface area contributed by atoms with Crippen LogP contribution in [0.2, 0.25) is 5.02 Å². The average Bonchev–Trinajstić information content (AvgIpc) is 3.72. The highest BCUT2D eigenvalue weighted by atomic mass is 35.5. The number of hydrogen-bond acceptors (Lipinski definition) is 7. The summed E-state index contributed by atoms with van der Waals surface area (Å²) in [4.78, 5) is 4.10. The summed E-state index contributed by atoms with van der Waals surface area (Å²) in [5.74, 6) is -0.464. The Kier molecular flexibility index (Phi) is 14.0. The maximum atomic E-state index is 14.5. The number of alkyl halides is 6. The lowest BCUT2D eigenvalue weighted by molar-refractivity contribution is -0.139. The SMILES string of the molecule is CNCCN(C)Cc1cn(C2CC(COc3c(Cl)cc(-c4[nH]ncc4CN(C)CCNC)cc3C(F)(F)F)C2)nc1-c1ccc(CC(C)C)c(C(F)(F)F)c1. The molecule has 2 heterocycles. The molecule has 0 aliphatic heterocycles. The van der Waals surface area contributed by atoms with Crippen LogP contribution in [0, 0.1) is 11.8 Å². The van der Waals surface area contributed by atoms with Gasteiger partial charge in [0.15, 0.2) is 0 Å². The molecule has 5 rings (SSSR count). The van der Waals surface area contributed by atoms with Gasteiger partial charge in [0, 0.05) is 67.7 Å². The molecule has 1 aliphatic carbocycles. The number of H-pyrrole nitrogens is 1. The van der Waals surface area contributed by atoms with Gasteiger partial charge >= 0.3 is 12.4 Å². The Hall–Kier alpha value is -3.63. The summed E-state index contributed by atoms with van der Waals surface area (Å²) in [5.41, 5.74) is 1.69. The molecule has 55 heavy (non-hydrogen) atoms. The second-order valence-electron chi connectivity index (χ2n) is 15.0. The highest BCUT2D eigenvalue weighted by Crippen LogP contribution is 2.45.